The molecular weight excluding hydrogens is 443 g/mol. The molecule has 2 rings (SSSR count). The first-order chi connectivity index (χ1) is 11.6. The number of piperidine rings is 1. The molecule has 0 aliphatic carbocycles. The van der Waals surface area contributed by atoms with Gasteiger partial charge in [-0.05, 0) is 42.5 Å². The minimum atomic E-state index is 0. The fraction of sp³-hybridized carbons (Fsp3) is 0.737. The number of rotatable bonds is 7. The van der Waals surface area contributed by atoms with Gasteiger partial charge in [-0.15, -0.1) is 35.3 Å². The van der Waals surface area contributed by atoms with Crippen LogP contribution in [0.2, 0.25) is 0 Å². The Balaban J connectivity index is 0.00000312. The highest BCUT2D eigenvalue weighted by molar-refractivity contribution is 14.0. The summed E-state index contributed by atoms with van der Waals surface area (Å²) in [6.45, 7) is 11.5. The first kappa shape index (κ1) is 22.7. The normalized spacial score (nSPS) is 18.0. The maximum atomic E-state index is 4.40. The van der Waals surface area contributed by atoms with Crippen molar-refractivity contribution in [2.24, 2.45) is 16.8 Å². The Morgan fingerprint density at radius 2 is 2.04 bits per heavy atom. The van der Waals surface area contributed by atoms with Gasteiger partial charge in [0.15, 0.2) is 5.96 Å². The van der Waals surface area contributed by atoms with Gasteiger partial charge in [-0.25, -0.2) is 0 Å². The SMILES string of the molecule is CN=C(NCC(C)Cc1cccs1)NC1CCN(CC(C)C)CC1.I. The van der Waals surface area contributed by atoms with E-state index in [1.807, 2.05) is 18.4 Å². The van der Waals surface area contributed by atoms with Crippen molar-refractivity contribution in [2.75, 3.05) is 33.2 Å². The Hall–Kier alpha value is -0.340. The molecule has 1 aliphatic heterocycles. The lowest BCUT2D eigenvalue weighted by atomic mass is 10.0. The van der Waals surface area contributed by atoms with E-state index in [4.69, 9.17) is 0 Å². The van der Waals surface area contributed by atoms with Crippen LogP contribution >= 0.6 is 35.3 Å². The number of halogens is 1. The molecule has 1 atom stereocenters. The lowest BCUT2D eigenvalue weighted by Crippen LogP contribution is -2.49. The molecule has 1 aromatic heterocycles. The second kappa shape index (κ2) is 12.1. The molecule has 0 bridgehead atoms. The van der Waals surface area contributed by atoms with E-state index in [0.717, 1.165) is 24.8 Å². The summed E-state index contributed by atoms with van der Waals surface area (Å²) in [4.78, 5) is 8.45. The second-order valence-electron chi connectivity index (χ2n) is 7.45. The summed E-state index contributed by atoms with van der Waals surface area (Å²) in [5.41, 5.74) is 0. The van der Waals surface area contributed by atoms with Gasteiger partial charge in [-0.2, -0.15) is 0 Å². The summed E-state index contributed by atoms with van der Waals surface area (Å²) in [7, 11) is 1.87. The van der Waals surface area contributed by atoms with Crippen LogP contribution in [0.3, 0.4) is 0 Å². The van der Waals surface area contributed by atoms with E-state index in [1.165, 1.54) is 37.4 Å². The van der Waals surface area contributed by atoms with Crippen LogP contribution in [0.4, 0.5) is 0 Å². The number of hydrogen-bond acceptors (Lipinski definition) is 3. The van der Waals surface area contributed by atoms with Crippen molar-refractivity contribution in [3.05, 3.63) is 22.4 Å². The third-order valence-electron chi connectivity index (χ3n) is 4.52. The highest BCUT2D eigenvalue weighted by Gasteiger charge is 2.20. The quantitative estimate of drug-likeness (QED) is 0.356. The standard InChI is InChI=1S/C19H34N4S.HI/c1-15(2)14-23-9-7-17(8-10-23)22-19(20-4)21-13-16(3)12-18-6-5-11-24-18;/h5-6,11,15-17H,7-10,12-14H2,1-4H3,(H2,20,21,22);1H. The van der Waals surface area contributed by atoms with Crippen LogP contribution in [0, 0.1) is 11.8 Å². The van der Waals surface area contributed by atoms with E-state index in [-0.39, 0.29) is 24.0 Å². The van der Waals surface area contributed by atoms with Gasteiger partial charge in [0, 0.05) is 44.1 Å². The third-order valence-corrected chi connectivity index (χ3v) is 5.42. The molecule has 6 heteroatoms. The minimum Gasteiger partial charge on any atom is -0.356 e. The number of hydrogen-bond donors (Lipinski definition) is 2. The number of guanidine groups is 1. The van der Waals surface area contributed by atoms with Crippen molar-refractivity contribution >= 4 is 41.3 Å². The predicted molar refractivity (Wildman–Crippen MR) is 121 cm³/mol. The van der Waals surface area contributed by atoms with Gasteiger partial charge < -0.3 is 15.5 Å². The Morgan fingerprint density at radius 1 is 1.32 bits per heavy atom. The van der Waals surface area contributed by atoms with Crippen molar-refractivity contribution in [3.63, 3.8) is 0 Å². The Bertz CT molecular complexity index is 482. The first-order valence-corrected chi connectivity index (χ1v) is 10.2. The van der Waals surface area contributed by atoms with Crippen molar-refractivity contribution in [1.82, 2.24) is 15.5 Å². The summed E-state index contributed by atoms with van der Waals surface area (Å²) in [6.07, 6.45) is 3.55. The molecule has 0 radical (unpaired) electrons. The molecule has 1 fully saturated rings. The highest BCUT2D eigenvalue weighted by atomic mass is 127. The smallest absolute Gasteiger partial charge is 0.191 e. The van der Waals surface area contributed by atoms with Gasteiger partial charge in [-0.1, -0.05) is 26.8 Å². The van der Waals surface area contributed by atoms with Gasteiger partial charge in [0.05, 0.1) is 0 Å². The number of aliphatic imine (C=N–C) groups is 1. The molecule has 1 aliphatic rings. The molecule has 2 N–H and O–H groups in total. The van der Waals surface area contributed by atoms with E-state index >= 15 is 0 Å². The summed E-state index contributed by atoms with van der Waals surface area (Å²) >= 11 is 1.85. The van der Waals surface area contributed by atoms with E-state index in [0.29, 0.717) is 12.0 Å². The first-order valence-electron chi connectivity index (χ1n) is 9.28. The van der Waals surface area contributed by atoms with Crippen LogP contribution in [0.25, 0.3) is 0 Å². The Morgan fingerprint density at radius 3 is 2.60 bits per heavy atom. The van der Waals surface area contributed by atoms with Crippen molar-refractivity contribution in [2.45, 2.75) is 46.1 Å². The fourth-order valence-corrected chi connectivity index (χ4v) is 4.15. The van der Waals surface area contributed by atoms with Crippen molar-refractivity contribution in [1.29, 1.82) is 0 Å². The summed E-state index contributed by atoms with van der Waals surface area (Å²) < 4.78 is 0. The maximum Gasteiger partial charge on any atom is 0.191 e. The van der Waals surface area contributed by atoms with Gasteiger partial charge in [-0.3, -0.25) is 4.99 Å². The van der Waals surface area contributed by atoms with Gasteiger partial charge in [0.2, 0.25) is 0 Å². The zero-order chi connectivity index (χ0) is 17.4. The molecule has 144 valence electrons. The molecule has 25 heavy (non-hydrogen) atoms. The highest BCUT2D eigenvalue weighted by Crippen LogP contribution is 2.14. The largest absolute Gasteiger partial charge is 0.356 e. The minimum absolute atomic E-state index is 0. The molecule has 0 saturated carbocycles. The van der Waals surface area contributed by atoms with Crippen LogP contribution in [0.5, 0.6) is 0 Å². The van der Waals surface area contributed by atoms with Crippen LogP contribution in [0.15, 0.2) is 22.5 Å². The summed E-state index contributed by atoms with van der Waals surface area (Å²) in [5, 5.41) is 9.27. The zero-order valence-corrected chi connectivity index (χ0v) is 19.3. The van der Waals surface area contributed by atoms with Gasteiger partial charge in [0.25, 0.3) is 0 Å². The summed E-state index contributed by atoms with van der Waals surface area (Å²) in [5.74, 6) is 2.32. The molecule has 1 aromatic rings. The van der Waals surface area contributed by atoms with Gasteiger partial charge in [0.1, 0.15) is 0 Å². The monoisotopic (exact) mass is 478 g/mol. The number of likely N-dealkylation sites (tertiary alicyclic amines) is 1. The number of nitrogens with one attached hydrogen (secondary N) is 2. The van der Waals surface area contributed by atoms with E-state index < -0.39 is 0 Å². The van der Waals surface area contributed by atoms with Crippen molar-refractivity contribution < 1.29 is 0 Å². The number of nitrogens with zero attached hydrogens (tertiary/aromatic N) is 2. The van der Waals surface area contributed by atoms with Crippen LogP contribution in [0.1, 0.15) is 38.5 Å². The lowest BCUT2D eigenvalue weighted by Gasteiger charge is -2.34. The topological polar surface area (TPSA) is 39.7 Å². The van der Waals surface area contributed by atoms with E-state index in [9.17, 15) is 0 Å². The number of thiophene rings is 1. The molecule has 0 spiro atoms. The van der Waals surface area contributed by atoms with Crippen molar-refractivity contribution in [3.8, 4) is 0 Å². The van der Waals surface area contributed by atoms with E-state index in [2.05, 4.69) is 58.8 Å². The van der Waals surface area contributed by atoms with Gasteiger partial charge >= 0.3 is 0 Å². The van der Waals surface area contributed by atoms with Crippen LogP contribution in [-0.4, -0.2) is 50.1 Å². The lowest BCUT2D eigenvalue weighted by molar-refractivity contribution is 0.187. The third kappa shape index (κ3) is 8.73. The Labute approximate surface area is 174 Å². The Kier molecular flexibility index (Phi) is 11.0. The average Bonchev–Trinajstić information content (AvgIpc) is 3.05. The predicted octanol–water partition coefficient (Wildman–Crippen LogP) is 3.83. The molecular formula is C19H35IN4S. The molecule has 4 nitrogen and oxygen atoms in total. The molecule has 0 amide bonds. The van der Waals surface area contributed by atoms with Crippen LogP contribution < -0.4 is 10.6 Å². The maximum absolute atomic E-state index is 4.40. The van der Waals surface area contributed by atoms with Crippen LogP contribution in [-0.2, 0) is 6.42 Å². The molecule has 0 aromatic carbocycles. The molecule has 1 saturated heterocycles. The molecule has 1 unspecified atom stereocenters. The summed E-state index contributed by atoms with van der Waals surface area (Å²) in [6, 6.07) is 4.90. The fourth-order valence-electron chi connectivity index (χ4n) is 3.28. The zero-order valence-electron chi connectivity index (χ0n) is 16.1. The average molecular weight is 478 g/mol. The second-order valence-corrected chi connectivity index (χ2v) is 8.49. The molecule has 2 heterocycles. The van der Waals surface area contributed by atoms with E-state index in [1.54, 1.807) is 0 Å².